The van der Waals surface area contributed by atoms with E-state index in [9.17, 15) is 24.0 Å². The zero-order chi connectivity index (χ0) is 36.9. The van der Waals surface area contributed by atoms with E-state index in [1.807, 2.05) is 46.2 Å². The molecule has 6 rings (SSSR count). The van der Waals surface area contributed by atoms with Crippen molar-refractivity contribution in [1.29, 1.82) is 0 Å². The number of benzene rings is 2. The number of para-hydroxylation sites is 1. The largest absolute Gasteiger partial charge is 0.481 e. The van der Waals surface area contributed by atoms with Gasteiger partial charge in [-0.05, 0) is 112 Å². The van der Waals surface area contributed by atoms with Crippen molar-refractivity contribution in [2.75, 3.05) is 49.9 Å². The van der Waals surface area contributed by atoms with Crippen LogP contribution in [-0.2, 0) is 27.3 Å². The third-order valence-electron chi connectivity index (χ3n) is 11.2. The van der Waals surface area contributed by atoms with Gasteiger partial charge in [0.05, 0.1) is 17.8 Å². The number of fused-ring (bicyclic) bond motifs is 1. The molecule has 0 radical (unpaired) electrons. The van der Waals surface area contributed by atoms with Gasteiger partial charge in [0.1, 0.15) is 6.04 Å². The van der Waals surface area contributed by atoms with Crippen LogP contribution < -0.4 is 21.3 Å². The van der Waals surface area contributed by atoms with Gasteiger partial charge in [0.15, 0.2) is 0 Å². The molecule has 13 nitrogen and oxygen atoms in total. The zero-order valence-electron chi connectivity index (χ0n) is 29.2. The van der Waals surface area contributed by atoms with E-state index in [0.29, 0.717) is 85.1 Å². The Balaban J connectivity index is 1.06. The normalized spacial score (nSPS) is 19.5. The highest BCUT2D eigenvalue weighted by molar-refractivity contribution is 9.11. The number of urea groups is 2. The second kappa shape index (κ2) is 16.9. The number of nitrogens with two attached hydrogens (primary N) is 1. The molecule has 2 aromatic rings. The van der Waals surface area contributed by atoms with E-state index in [1.165, 1.54) is 0 Å². The number of amides is 6. The van der Waals surface area contributed by atoms with Crippen molar-refractivity contribution in [3.63, 3.8) is 0 Å². The smallest absolute Gasteiger partial charge is 0.322 e. The van der Waals surface area contributed by atoms with E-state index in [0.717, 1.165) is 42.5 Å². The monoisotopic (exact) mass is 843 g/mol. The number of anilines is 2. The number of aliphatic carboxylic acids is 1. The first-order valence-electron chi connectivity index (χ1n) is 18.2. The fourth-order valence-corrected chi connectivity index (χ4v) is 9.47. The standard InChI is InChI=1S/C37H47Br2N7O6/c38-28-19-23(20-29(39)34(28)40)21-30(35(50)44-15-9-25(10-16-44)24-7-13-43(14-8-24)32(47)5-6-33(48)49)42-37(52)45-17-11-27(12-18-45)46-31-4-2-1-3-26(31)22-41-36(46)51/h1-4,19-20,24-25,27,30H,5-18,21-22,40H2,(H,41,51)(H,42,52)(H,48,49)/t30-/m1/s1. The van der Waals surface area contributed by atoms with Crippen LogP contribution in [-0.4, -0.2) is 101 Å². The van der Waals surface area contributed by atoms with Gasteiger partial charge in [-0.3, -0.25) is 19.3 Å². The Kier molecular flexibility index (Phi) is 12.3. The maximum atomic E-state index is 14.2. The summed E-state index contributed by atoms with van der Waals surface area (Å²) in [6.07, 6.45) is 4.87. The summed E-state index contributed by atoms with van der Waals surface area (Å²) in [4.78, 5) is 71.4. The molecule has 4 aliphatic rings. The van der Waals surface area contributed by atoms with E-state index in [1.54, 1.807) is 9.80 Å². The van der Waals surface area contributed by atoms with Gasteiger partial charge in [-0.25, -0.2) is 9.59 Å². The number of piperidine rings is 3. The highest BCUT2D eigenvalue weighted by Crippen LogP contribution is 2.34. The third-order valence-corrected chi connectivity index (χ3v) is 12.5. The minimum absolute atomic E-state index is 0.0348. The predicted octanol–water partition coefficient (Wildman–Crippen LogP) is 4.95. The molecular formula is C37H47Br2N7O6. The molecule has 1 atom stereocenters. The van der Waals surface area contributed by atoms with E-state index >= 15 is 0 Å². The van der Waals surface area contributed by atoms with Crippen molar-refractivity contribution in [3.05, 3.63) is 56.5 Å². The average molecular weight is 846 g/mol. The number of halogens is 2. The van der Waals surface area contributed by atoms with Gasteiger partial charge in [0.2, 0.25) is 11.8 Å². The molecule has 0 bridgehead atoms. The lowest BCUT2D eigenvalue weighted by molar-refractivity contribution is -0.141. The summed E-state index contributed by atoms with van der Waals surface area (Å²) >= 11 is 7.02. The zero-order valence-corrected chi connectivity index (χ0v) is 32.4. The van der Waals surface area contributed by atoms with Crippen LogP contribution in [0.5, 0.6) is 0 Å². The Morgan fingerprint density at radius 1 is 0.846 bits per heavy atom. The van der Waals surface area contributed by atoms with E-state index in [2.05, 4.69) is 42.5 Å². The van der Waals surface area contributed by atoms with Crippen LogP contribution >= 0.6 is 31.9 Å². The number of carbonyl (C=O) groups is 5. The molecule has 280 valence electrons. The summed E-state index contributed by atoms with van der Waals surface area (Å²) in [6.45, 7) is 3.87. The van der Waals surface area contributed by atoms with Crippen LogP contribution in [0.15, 0.2) is 45.3 Å². The van der Waals surface area contributed by atoms with E-state index < -0.39 is 12.0 Å². The average Bonchev–Trinajstić information content (AvgIpc) is 3.15. The van der Waals surface area contributed by atoms with Crippen LogP contribution in [0, 0.1) is 11.8 Å². The summed E-state index contributed by atoms with van der Waals surface area (Å²) in [7, 11) is 0. The minimum Gasteiger partial charge on any atom is -0.481 e. The quantitative estimate of drug-likeness (QED) is 0.259. The topological polar surface area (TPSA) is 169 Å². The first-order chi connectivity index (χ1) is 25.0. The molecule has 4 heterocycles. The molecule has 0 aromatic heterocycles. The Morgan fingerprint density at radius 2 is 1.42 bits per heavy atom. The second-order valence-corrected chi connectivity index (χ2v) is 16.0. The number of nitrogens with zero attached hydrogens (tertiary/aromatic N) is 4. The van der Waals surface area contributed by atoms with Crippen molar-refractivity contribution >= 4 is 73.1 Å². The fourth-order valence-electron chi connectivity index (χ4n) is 8.19. The summed E-state index contributed by atoms with van der Waals surface area (Å²) in [5, 5.41) is 15.0. The van der Waals surface area contributed by atoms with Crippen LogP contribution in [0.2, 0.25) is 0 Å². The number of carboxylic acids is 1. The number of nitrogens with one attached hydrogen (secondary N) is 2. The number of carboxylic acid groups (broad SMARTS) is 1. The molecule has 0 spiro atoms. The molecule has 2 aromatic carbocycles. The Labute approximate surface area is 320 Å². The minimum atomic E-state index is -0.961. The lowest BCUT2D eigenvalue weighted by Gasteiger charge is -2.42. The number of carbonyl (C=O) groups excluding carboxylic acids is 4. The molecule has 6 amide bonds. The lowest BCUT2D eigenvalue weighted by atomic mass is 9.78. The number of hydrogen-bond acceptors (Lipinski definition) is 6. The molecule has 5 N–H and O–H groups in total. The second-order valence-electron chi connectivity index (χ2n) is 14.3. The van der Waals surface area contributed by atoms with Crippen molar-refractivity contribution in [1.82, 2.24) is 25.3 Å². The number of hydrogen-bond donors (Lipinski definition) is 4. The maximum absolute atomic E-state index is 14.2. The van der Waals surface area contributed by atoms with Crippen LogP contribution in [0.1, 0.15) is 62.5 Å². The summed E-state index contributed by atoms with van der Waals surface area (Å²) < 4.78 is 1.41. The molecule has 3 fully saturated rings. The molecule has 4 aliphatic heterocycles. The summed E-state index contributed by atoms with van der Waals surface area (Å²) in [5.74, 6) is -0.289. The molecule has 15 heteroatoms. The van der Waals surface area contributed by atoms with Crippen molar-refractivity contribution in [2.45, 2.75) is 76.4 Å². The van der Waals surface area contributed by atoms with Crippen LogP contribution in [0.25, 0.3) is 0 Å². The summed E-state index contributed by atoms with van der Waals surface area (Å²) in [6, 6.07) is 10.4. The van der Waals surface area contributed by atoms with Gasteiger partial charge >= 0.3 is 18.0 Å². The Morgan fingerprint density at radius 3 is 2.04 bits per heavy atom. The maximum Gasteiger partial charge on any atom is 0.322 e. The van der Waals surface area contributed by atoms with Gasteiger partial charge in [0, 0.05) is 73.6 Å². The van der Waals surface area contributed by atoms with Crippen molar-refractivity contribution in [3.8, 4) is 0 Å². The first kappa shape index (κ1) is 37.9. The fraction of sp³-hybridized carbons (Fsp3) is 0.541. The lowest BCUT2D eigenvalue weighted by Crippen LogP contribution is -2.58. The molecular weight excluding hydrogens is 798 g/mol. The first-order valence-corrected chi connectivity index (χ1v) is 19.8. The number of likely N-dealkylation sites (tertiary alicyclic amines) is 3. The van der Waals surface area contributed by atoms with Crippen LogP contribution in [0.4, 0.5) is 21.0 Å². The molecule has 0 unspecified atom stereocenters. The third kappa shape index (κ3) is 8.84. The van der Waals surface area contributed by atoms with Gasteiger partial charge in [-0.1, -0.05) is 18.2 Å². The SMILES string of the molecule is Nc1c(Br)cc(C[C@@H](NC(=O)N2CCC(N3C(=O)NCc4ccccc43)CC2)C(=O)N2CCC(C3CCN(C(=O)CCC(=O)O)CC3)CC2)cc1Br. The molecule has 0 saturated carbocycles. The molecule has 3 saturated heterocycles. The Hall–Kier alpha value is -3.85. The van der Waals surface area contributed by atoms with Gasteiger partial charge in [0.25, 0.3) is 0 Å². The summed E-state index contributed by atoms with van der Waals surface area (Å²) in [5.41, 5.74) is 9.53. The Bertz CT molecular complexity index is 1650. The van der Waals surface area contributed by atoms with Crippen molar-refractivity contribution < 1.29 is 29.1 Å². The van der Waals surface area contributed by atoms with Gasteiger partial charge < -0.3 is 36.2 Å². The highest BCUT2D eigenvalue weighted by Gasteiger charge is 2.37. The predicted molar refractivity (Wildman–Crippen MR) is 204 cm³/mol. The molecule has 0 aliphatic carbocycles. The van der Waals surface area contributed by atoms with E-state index in [-0.39, 0.29) is 49.2 Å². The number of nitrogen functional groups attached to an aromatic ring is 1. The highest BCUT2D eigenvalue weighted by atomic mass is 79.9. The van der Waals surface area contributed by atoms with Gasteiger partial charge in [-0.15, -0.1) is 0 Å². The van der Waals surface area contributed by atoms with Crippen molar-refractivity contribution in [2.24, 2.45) is 11.8 Å². The molecule has 52 heavy (non-hydrogen) atoms. The number of rotatable bonds is 9. The van der Waals surface area contributed by atoms with E-state index in [4.69, 9.17) is 10.8 Å². The van der Waals surface area contributed by atoms with Gasteiger partial charge in [-0.2, -0.15) is 0 Å². The van der Waals surface area contributed by atoms with Crippen LogP contribution in [0.3, 0.4) is 0 Å².